The Bertz CT molecular complexity index is 553. The summed E-state index contributed by atoms with van der Waals surface area (Å²) in [4.78, 5) is 13.1. The first-order valence-corrected chi connectivity index (χ1v) is 6.61. The third-order valence-electron chi connectivity index (χ3n) is 2.34. The van der Waals surface area contributed by atoms with Crippen molar-refractivity contribution in [3.05, 3.63) is 23.3 Å². The Morgan fingerprint density at radius 1 is 1.22 bits per heavy atom. The van der Waals surface area contributed by atoms with Gasteiger partial charge in [-0.1, -0.05) is 0 Å². The van der Waals surface area contributed by atoms with Gasteiger partial charge in [-0.25, -0.2) is 15.0 Å². The molecule has 0 bridgehead atoms. The second-order valence-corrected chi connectivity index (χ2v) is 4.88. The number of rotatable bonds is 4. The zero-order valence-corrected chi connectivity index (χ0v) is 11.8. The van der Waals surface area contributed by atoms with Gasteiger partial charge >= 0.3 is 0 Å². The van der Waals surface area contributed by atoms with Crippen LogP contribution in [0.15, 0.2) is 20.9 Å². The Balaban J connectivity index is 2.32. The molecule has 0 atom stereocenters. The number of hydrogen-bond acceptors (Lipinski definition) is 6. The van der Waals surface area contributed by atoms with Gasteiger partial charge in [-0.3, -0.25) is 0 Å². The SMILES string of the molecule is CCNc1nc(C)nc(Sc2nc(C)co2)c1C. The van der Waals surface area contributed by atoms with Gasteiger partial charge in [-0.15, -0.1) is 0 Å². The van der Waals surface area contributed by atoms with Gasteiger partial charge in [0.2, 0.25) is 0 Å². The second kappa shape index (κ2) is 5.39. The monoisotopic (exact) mass is 264 g/mol. The lowest BCUT2D eigenvalue weighted by Crippen LogP contribution is -2.05. The lowest BCUT2D eigenvalue weighted by molar-refractivity contribution is 0.453. The first-order valence-electron chi connectivity index (χ1n) is 5.79. The van der Waals surface area contributed by atoms with Crippen molar-refractivity contribution in [3.8, 4) is 0 Å². The number of aromatic nitrogens is 3. The minimum atomic E-state index is 0.608. The maximum atomic E-state index is 5.33. The maximum Gasteiger partial charge on any atom is 0.262 e. The van der Waals surface area contributed by atoms with Gasteiger partial charge in [0.15, 0.2) is 0 Å². The fourth-order valence-electron chi connectivity index (χ4n) is 1.50. The van der Waals surface area contributed by atoms with Gasteiger partial charge in [0, 0.05) is 12.1 Å². The molecule has 0 amide bonds. The van der Waals surface area contributed by atoms with E-state index in [2.05, 4.69) is 20.3 Å². The third kappa shape index (κ3) is 2.81. The Kier molecular flexibility index (Phi) is 3.86. The molecule has 0 aliphatic carbocycles. The second-order valence-electron chi connectivity index (χ2n) is 3.94. The first kappa shape index (κ1) is 12.9. The summed E-state index contributed by atoms with van der Waals surface area (Å²) in [6.07, 6.45) is 1.64. The summed E-state index contributed by atoms with van der Waals surface area (Å²) in [6.45, 7) is 8.65. The summed E-state index contributed by atoms with van der Waals surface area (Å²) in [5.74, 6) is 1.61. The molecule has 0 saturated carbocycles. The van der Waals surface area contributed by atoms with Crippen LogP contribution >= 0.6 is 11.8 Å². The minimum absolute atomic E-state index is 0.608. The Morgan fingerprint density at radius 2 is 2.00 bits per heavy atom. The molecule has 6 heteroatoms. The van der Waals surface area contributed by atoms with Gasteiger partial charge < -0.3 is 9.73 Å². The maximum absolute atomic E-state index is 5.33. The fourth-order valence-corrected chi connectivity index (χ4v) is 2.38. The van der Waals surface area contributed by atoms with Gasteiger partial charge in [-0.2, -0.15) is 0 Å². The minimum Gasteiger partial charge on any atom is -0.439 e. The molecule has 0 fully saturated rings. The fraction of sp³-hybridized carbons (Fsp3) is 0.417. The highest BCUT2D eigenvalue weighted by atomic mass is 32.2. The van der Waals surface area contributed by atoms with Crippen LogP contribution < -0.4 is 5.32 Å². The van der Waals surface area contributed by atoms with Crippen LogP contribution in [0.5, 0.6) is 0 Å². The van der Waals surface area contributed by atoms with E-state index in [4.69, 9.17) is 4.42 Å². The van der Waals surface area contributed by atoms with Crippen LogP contribution in [0.4, 0.5) is 5.82 Å². The van der Waals surface area contributed by atoms with Crippen molar-refractivity contribution in [1.29, 1.82) is 0 Å². The van der Waals surface area contributed by atoms with Crippen LogP contribution in [0.2, 0.25) is 0 Å². The predicted molar refractivity (Wildman–Crippen MR) is 71.0 cm³/mol. The van der Waals surface area contributed by atoms with Crippen molar-refractivity contribution in [2.75, 3.05) is 11.9 Å². The Labute approximate surface area is 110 Å². The molecule has 0 radical (unpaired) electrons. The highest BCUT2D eigenvalue weighted by Crippen LogP contribution is 2.30. The molecule has 0 saturated heterocycles. The number of anilines is 1. The van der Waals surface area contributed by atoms with E-state index >= 15 is 0 Å². The molecule has 0 aromatic carbocycles. The average Bonchev–Trinajstić information content (AvgIpc) is 2.71. The van der Waals surface area contributed by atoms with Crippen LogP contribution in [-0.2, 0) is 0 Å². The van der Waals surface area contributed by atoms with E-state index < -0.39 is 0 Å². The molecule has 18 heavy (non-hydrogen) atoms. The lowest BCUT2D eigenvalue weighted by Gasteiger charge is -2.10. The van der Waals surface area contributed by atoms with Crippen molar-refractivity contribution >= 4 is 17.6 Å². The van der Waals surface area contributed by atoms with Crippen molar-refractivity contribution in [1.82, 2.24) is 15.0 Å². The summed E-state index contributed by atoms with van der Waals surface area (Å²) in [7, 11) is 0. The van der Waals surface area contributed by atoms with Crippen molar-refractivity contribution < 1.29 is 4.42 Å². The number of oxazole rings is 1. The standard InChI is InChI=1S/C12H16N4OS/c1-5-13-10-8(3)11(16-9(4)15-10)18-12-14-7(2)6-17-12/h6H,5H2,1-4H3,(H,13,15,16). The summed E-state index contributed by atoms with van der Waals surface area (Å²) >= 11 is 1.42. The summed E-state index contributed by atoms with van der Waals surface area (Å²) in [6, 6.07) is 0. The van der Waals surface area contributed by atoms with E-state index in [1.165, 1.54) is 11.8 Å². The zero-order valence-electron chi connectivity index (χ0n) is 10.9. The van der Waals surface area contributed by atoms with Crippen LogP contribution in [0.3, 0.4) is 0 Å². The third-order valence-corrected chi connectivity index (χ3v) is 3.29. The molecule has 0 unspecified atom stereocenters. The Morgan fingerprint density at radius 3 is 2.61 bits per heavy atom. The van der Waals surface area contributed by atoms with Gasteiger partial charge in [0.1, 0.15) is 22.9 Å². The highest BCUT2D eigenvalue weighted by Gasteiger charge is 2.12. The molecular formula is C12H16N4OS. The van der Waals surface area contributed by atoms with Crippen LogP contribution in [-0.4, -0.2) is 21.5 Å². The summed E-state index contributed by atoms with van der Waals surface area (Å²) in [5.41, 5.74) is 1.89. The molecule has 1 N–H and O–H groups in total. The molecular weight excluding hydrogens is 248 g/mol. The molecule has 2 aromatic rings. The molecule has 2 rings (SSSR count). The van der Waals surface area contributed by atoms with Crippen LogP contribution in [0.25, 0.3) is 0 Å². The number of nitrogens with zero attached hydrogens (tertiary/aromatic N) is 3. The summed E-state index contributed by atoms with van der Waals surface area (Å²) < 4.78 is 5.33. The topological polar surface area (TPSA) is 63.8 Å². The number of nitrogens with one attached hydrogen (secondary N) is 1. The predicted octanol–water partition coefficient (Wildman–Crippen LogP) is 2.97. The number of aryl methyl sites for hydroxylation is 2. The number of hydrogen-bond donors (Lipinski definition) is 1. The van der Waals surface area contributed by atoms with Crippen LogP contribution in [0.1, 0.15) is 24.0 Å². The largest absolute Gasteiger partial charge is 0.439 e. The van der Waals surface area contributed by atoms with E-state index in [0.717, 1.165) is 34.5 Å². The molecule has 96 valence electrons. The van der Waals surface area contributed by atoms with Crippen molar-refractivity contribution in [2.45, 2.75) is 37.9 Å². The lowest BCUT2D eigenvalue weighted by atomic mass is 10.3. The van der Waals surface area contributed by atoms with Crippen LogP contribution in [0, 0.1) is 20.8 Å². The zero-order chi connectivity index (χ0) is 13.1. The molecule has 2 aromatic heterocycles. The van der Waals surface area contributed by atoms with Gasteiger partial charge in [-0.05, 0) is 39.5 Å². The highest BCUT2D eigenvalue weighted by molar-refractivity contribution is 7.99. The van der Waals surface area contributed by atoms with Crippen molar-refractivity contribution in [2.24, 2.45) is 0 Å². The van der Waals surface area contributed by atoms with Crippen molar-refractivity contribution in [3.63, 3.8) is 0 Å². The van der Waals surface area contributed by atoms with Gasteiger partial charge in [0.05, 0.1) is 5.69 Å². The van der Waals surface area contributed by atoms with E-state index in [0.29, 0.717) is 5.22 Å². The molecule has 5 nitrogen and oxygen atoms in total. The molecule has 2 heterocycles. The normalized spacial score (nSPS) is 10.7. The molecule has 0 aliphatic heterocycles. The van der Waals surface area contributed by atoms with E-state index in [9.17, 15) is 0 Å². The first-order chi connectivity index (χ1) is 8.60. The quantitative estimate of drug-likeness (QED) is 0.856. The summed E-state index contributed by atoms with van der Waals surface area (Å²) in [5, 5.41) is 4.72. The van der Waals surface area contributed by atoms with E-state index in [1.54, 1.807) is 6.26 Å². The van der Waals surface area contributed by atoms with Gasteiger partial charge in [0.25, 0.3) is 5.22 Å². The smallest absolute Gasteiger partial charge is 0.262 e. The molecule has 0 spiro atoms. The average molecular weight is 264 g/mol. The van der Waals surface area contributed by atoms with E-state index in [-0.39, 0.29) is 0 Å². The van der Waals surface area contributed by atoms with E-state index in [1.807, 2.05) is 27.7 Å². The molecule has 0 aliphatic rings. The Hall–Kier alpha value is -1.56.